The number of nitrogens with one attached hydrogen (secondary N) is 1. The fraction of sp³-hybridized carbons (Fsp3) is 0.438. The van der Waals surface area contributed by atoms with Crippen molar-refractivity contribution >= 4 is 23.5 Å². The molecule has 6 heteroatoms. The molecular formula is C16H22N2O4. The van der Waals surface area contributed by atoms with E-state index in [0.29, 0.717) is 11.3 Å². The molecule has 1 aromatic carbocycles. The quantitative estimate of drug-likeness (QED) is 0.819. The summed E-state index contributed by atoms with van der Waals surface area (Å²) < 4.78 is 0. The maximum atomic E-state index is 12.1. The van der Waals surface area contributed by atoms with Crippen LogP contribution in [0.3, 0.4) is 0 Å². The van der Waals surface area contributed by atoms with Crippen molar-refractivity contribution in [2.45, 2.75) is 27.2 Å². The number of rotatable bonds is 5. The first-order valence-corrected chi connectivity index (χ1v) is 7.00. The fourth-order valence-electron chi connectivity index (χ4n) is 1.72. The van der Waals surface area contributed by atoms with Crippen molar-refractivity contribution in [1.29, 1.82) is 0 Å². The van der Waals surface area contributed by atoms with Gasteiger partial charge in [0, 0.05) is 30.3 Å². The third-order valence-corrected chi connectivity index (χ3v) is 3.09. The van der Waals surface area contributed by atoms with Crippen LogP contribution in [-0.4, -0.2) is 41.4 Å². The van der Waals surface area contributed by atoms with Crippen LogP contribution in [0.15, 0.2) is 24.3 Å². The second-order valence-corrected chi connectivity index (χ2v) is 6.15. The van der Waals surface area contributed by atoms with Gasteiger partial charge in [-0.15, -0.1) is 0 Å². The third-order valence-electron chi connectivity index (χ3n) is 3.09. The number of anilines is 1. The molecular weight excluding hydrogens is 284 g/mol. The summed E-state index contributed by atoms with van der Waals surface area (Å²) in [5.41, 5.74) is 0.685. The lowest BCUT2D eigenvalue weighted by atomic mass is 9.86. The third kappa shape index (κ3) is 5.20. The Morgan fingerprint density at radius 3 is 2.14 bits per heavy atom. The Bertz CT molecular complexity index is 559. The van der Waals surface area contributed by atoms with Gasteiger partial charge in [0.05, 0.1) is 6.42 Å². The number of hydrogen-bond donors (Lipinski definition) is 2. The van der Waals surface area contributed by atoms with Crippen LogP contribution < -0.4 is 5.32 Å². The number of aliphatic carboxylic acids is 1. The van der Waals surface area contributed by atoms with Gasteiger partial charge < -0.3 is 15.3 Å². The molecule has 0 fully saturated rings. The number of amides is 2. The molecule has 0 saturated carbocycles. The minimum Gasteiger partial charge on any atom is -0.481 e. The van der Waals surface area contributed by atoms with E-state index in [1.54, 1.807) is 24.3 Å². The van der Waals surface area contributed by atoms with E-state index < -0.39 is 17.4 Å². The minimum absolute atomic E-state index is 0.0314. The molecule has 2 N–H and O–H groups in total. The van der Waals surface area contributed by atoms with Crippen molar-refractivity contribution in [3.8, 4) is 0 Å². The number of benzene rings is 1. The van der Waals surface area contributed by atoms with Crippen LogP contribution in [0, 0.1) is 5.41 Å². The van der Waals surface area contributed by atoms with E-state index in [2.05, 4.69) is 5.32 Å². The standard InChI is InChI=1S/C16H22N2O4/c1-16(2,3)14(21)11-5-7-12(8-6-11)17-15(22)18(4)10-9-13(19)20/h5-8H,9-10H2,1-4H3,(H,17,22)(H,19,20). The van der Waals surface area contributed by atoms with E-state index >= 15 is 0 Å². The Labute approximate surface area is 130 Å². The lowest BCUT2D eigenvalue weighted by molar-refractivity contribution is -0.137. The van der Waals surface area contributed by atoms with Gasteiger partial charge in [-0.25, -0.2) is 4.79 Å². The molecule has 22 heavy (non-hydrogen) atoms. The van der Waals surface area contributed by atoms with Gasteiger partial charge in [0.2, 0.25) is 0 Å². The monoisotopic (exact) mass is 306 g/mol. The van der Waals surface area contributed by atoms with Crippen LogP contribution in [0.2, 0.25) is 0 Å². The van der Waals surface area contributed by atoms with E-state index in [0.717, 1.165) is 0 Å². The van der Waals surface area contributed by atoms with E-state index in [1.165, 1.54) is 11.9 Å². The Kier molecular flexibility index (Phi) is 5.68. The van der Waals surface area contributed by atoms with Crippen molar-refractivity contribution in [3.05, 3.63) is 29.8 Å². The Hall–Kier alpha value is -2.37. The van der Waals surface area contributed by atoms with Crippen molar-refractivity contribution < 1.29 is 19.5 Å². The summed E-state index contributed by atoms with van der Waals surface area (Å²) in [5, 5.41) is 11.2. The molecule has 0 aliphatic heterocycles. The first kappa shape index (κ1) is 17.7. The van der Waals surface area contributed by atoms with Crippen LogP contribution in [0.1, 0.15) is 37.6 Å². The van der Waals surface area contributed by atoms with E-state index in [9.17, 15) is 14.4 Å². The zero-order valence-corrected chi connectivity index (χ0v) is 13.3. The number of nitrogens with zero attached hydrogens (tertiary/aromatic N) is 1. The summed E-state index contributed by atoms with van der Waals surface area (Å²) in [6.45, 7) is 5.68. The number of carbonyl (C=O) groups excluding carboxylic acids is 2. The van der Waals surface area contributed by atoms with Crippen LogP contribution >= 0.6 is 0 Å². The zero-order chi connectivity index (χ0) is 16.9. The number of carboxylic acids is 1. The highest BCUT2D eigenvalue weighted by Gasteiger charge is 2.22. The van der Waals surface area contributed by atoms with Crippen LogP contribution in [0.5, 0.6) is 0 Å². The number of hydrogen-bond acceptors (Lipinski definition) is 3. The first-order valence-electron chi connectivity index (χ1n) is 7.00. The van der Waals surface area contributed by atoms with Gasteiger partial charge in [0.1, 0.15) is 0 Å². The molecule has 0 radical (unpaired) electrons. The molecule has 6 nitrogen and oxygen atoms in total. The molecule has 0 atom stereocenters. The fourth-order valence-corrected chi connectivity index (χ4v) is 1.72. The van der Waals surface area contributed by atoms with Crippen LogP contribution in [0.4, 0.5) is 10.5 Å². The highest BCUT2D eigenvalue weighted by atomic mass is 16.4. The molecule has 120 valence electrons. The van der Waals surface area contributed by atoms with Crippen LogP contribution in [-0.2, 0) is 4.79 Å². The summed E-state index contributed by atoms with van der Waals surface area (Å²) >= 11 is 0. The Balaban J connectivity index is 2.66. The number of urea groups is 1. The largest absolute Gasteiger partial charge is 0.481 e. The van der Waals surface area contributed by atoms with Crippen molar-refractivity contribution in [1.82, 2.24) is 4.90 Å². The molecule has 1 aromatic rings. The average molecular weight is 306 g/mol. The number of carboxylic acid groups (broad SMARTS) is 1. The summed E-state index contributed by atoms with van der Waals surface area (Å²) in [7, 11) is 1.52. The molecule has 0 aliphatic rings. The van der Waals surface area contributed by atoms with Gasteiger partial charge in [-0.05, 0) is 24.3 Å². The molecule has 0 unspecified atom stereocenters. The van der Waals surface area contributed by atoms with Gasteiger partial charge in [0.15, 0.2) is 5.78 Å². The van der Waals surface area contributed by atoms with Crippen molar-refractivity contribution in [3.63, 3.8) is 0 Å². The molecule has 0 saturated heterocycles. The summed E-state index contributed by atoms with van der Waals surface area (Å²) in [6.07, 6.45) is -0.108. The lowest BCUT2D eigenvalue weighted by Crippen LogP contribution is -2.33. The smallest absolute Gasteiger partial charge is 0.321 e. The normalized spacial score (nSPS) is 10.9. The molecule has 0 bridgehead atoms. The Morgan fingerprint density at radius 1 is 1.14 bits per heavy atom. The van der Waals surface area contributed by atoms with E-state index in [-0.39, 0.29) is 18.7 Å². The highest BCUT2D eigenvalue weighted by molar-refractivity contribution is 6.00. The average Bonchev–Trinajstić information content (AvgIpc) is 2.43. The predicted octanol–water partition coefficient (Wildman–Crippen LogP) is 2.85. The van der Waals surface area contributed by atoms with Gasteiger partial charge in [-0.3, -0.25) is 9.59 Å². The highest BCUT2D eigenvalue weighted by Crippen LogP contribution is 2.21. The van der Waals surface area contributed by atoms with Gasteiger partial charge in [-0.1, -0.05) is 20.8 Å². The van der Waals surface area contributed by atoms with Gasteiger partial charge in [0.25, 0.3) is 0 Å². The van der Waals surface area contributed by atoms with Crippen molar-refractivity contribution in [2.24, 2.45) is 5.41 Å². The predicted molar refractivity (Wildman–Crippen MR) is 84.1 cm³/mol. The van der Waals surface area contributed by atoms with Crippen molar-refractivity contribution in [2.75, 3.05) is 18.9 Å². The molecule has 0 heterocycles. The van der Waals surface area contributed by atoms with E-state index in [1.807, 2.05) is 20.8 Å². The van der Waals surface area contributed by atoms with Gasteiger partial charge in [-0.2, -0.15) is 0 Å². The maximum absolute atomic E-state index is 12.1. The minimum atomic E-state index is -0.954. The summed E-state index contributed by atoms with van der Waals surface area (Å²) in [6, 6.07) is 6.25. The first-order chi connectivity index (χ1) is 10.1. The number of ketones is 1. The molecule has 1 rings (SSSR count). The summed E-state index contributed by atoms with van der Waals surface area (Å²) in [5.74, 6) is -0.923. The molecule has 2 amide bonds. The second-order valence-electron chi connectivity index (χ2n) is 6.15. The maximum Gasteiger partial charge on any atom is 0.321 e. The molecule has 0 aliphatic carbocycles. The number of Topliss-reactive ketones (excluding diaryl/α,β-unsaturated/α-hetero) is 1. The van der Waals surface area contributed by atoms with E-state index in [4.69, 9.17) is 5.11 Å². The van der Waals surface area contributed by atoms with Crippen LogP contribution in [0.25, 0.3) is 0 Å². The molecule has 0 spiro atoms. The Morgan fingerprint density at radius 2 is 1.68 bits per heavy atom. The second kappa shape index (κ2) is 7.06. The lowest BCUT2D eigenvalue weighted by Gasteiger charge is -2.18. The SMILES string of the molecule is CN(CCC(=O)O)C(=O)Nc1ccc(C(=O)C(C)(C)C)cc1. The summed E-state index contributed by atoms with van der Waals surface area (Å²) in [4.78, 5) is 35.7. The zero-order valence-electron chi connectivity index (χ0n) is 13.3. The number of carbonyl (C=O) groups is 3. The topological polar surface area (TPSA) is 86.7 Å². The van der Waals surface area contributed by atoms with Gasteiger partial charge >= 0.3 is 12.0 Å². The molecule has 0 aromatic heterocycles.